The number of benzene rings is 2. The van der Waals surface area contributed by atoms with Gasteiger partial charge in [0.1, 0.15) is 0 Å². The number of anilines is 2. The summed E-state index contributed by atoms with van der Waals surface area (Å²) in [6.45, 7) is 2.78. The molecule has 0 atom stereocenters. The molecule has 0 aromatic heterocycles. The molecule has 7 heteroatoms. The number of nitrogens with one attached hydrogen (secondary N) is 2. The SMILES string of the molecule is CC(=O)Nc1cccc(C(=O)OCC(=O)Nc2ccc(C)c(Cl)c2)c1. The smallest absolute Gasteiger partial charge is 0.338 e. The molecule has 2 aromatic carbocycles. The minimum Gasteiger partial charge on any atom is -0.452 e. The number of halogens is 1. The Labute approximate surface area is 150 Å². The maximum atomic E-state index is 12.0. The summed E-state index contributed by atoms with van der Waals surface area (Å²) in [5.74, 6) is -1.39. The number of rotatable bonds is 5. The average molecular weight is 361 g/mol. The van der Waals surface area contributed by atoms with Gasteiger partial charge >= 0.3 is 5.97 Å². The van der Waals surface area contributed by atoms with Gasteiger partial charge in [-0.25, -0.2) is 4.79 Å². The van der Waals surface area contributed by atoms with Crippen LogP contribution in [0.2, 0.25) is 5.02 Å². The molecule has 2 rings (SSSR count). The number of carbonyl (C=O) groups is 3. The molecule has 0 fully saturated rings. The van der Waals surface area contributed by atoms with Crippen molar-refractivity contribution in [2.24, 2.45) is 0 Å². The second-order valence-corrected chi connectivity index (χ2v) is 5.76. The summed E-state index contributed by atoms with van der Waals surface area (Å²) in [7, 11) is 0. The quantitative estimate of drug-likeness (QED) is 0.800. The summed E-state index contributed by atoms with van der Waals surface area (Å²) >= 11 is 5.99. The normalized spacial score (nSPS) is 10.0. The lowest BCUT2D eigenvalue weighted by atomic mass is 10.2. The topological polar surface area (TPSA) is 84.5 Å². The first kappa shape index (κ1) is 18.5. The molecule has 25 heavy (non-hydrogen) atoms. The van der Waals surface area contributed by atoms with E-state index in [1.165, 1.54) is 19.1 Å². The number of amides is 2. The molecule has 0 spiro atoms. The summed E-state index contributed by atoms with van der Waals surface area (Å²) in [5.41, 5.74) is 2.12. The highest BCUT2D eigenvalue weighted by Gasteiger charge is 2.11. The van der Waals surface area contributed by atoms with Crippen molar-refractivity contribution >= 4 is 40.8 Å². The van der Waals surface area contributed by atoms with Gasteiger partial charge in [-0.15, -0.1) is 0 Å². The van der Waals surface area contributed by atoms with Crippen molar-refractivity contribution < 1.29 is 19.1 Å². The Bertz CT molecular complexity index is 820. The molecular weight excluding hydrogens is 344 g/mol. The van der Waals surface area contributed by atoms with Crippen LogP contribution >= 0.6 is 11.6 Å². The Hall–Kier alpha value is -2.86. The van der Waals surface area contributed by atoms with Crippen LogP contribution in [0.25, 0.3) is 0 Å². The third-order valence-corrected chi connectivity index (χ3v) is 3.62. The molecule has 0 saturated heterocycles. The highest BCUT2D eigenvalue weighted by atomic mass is 35.5. The van der Waals surface area contributed by atoms with E-state index in [9.17, 15) is 14.4 Å². The van der Waals surface area contributed by atoms with E-state index in [0.29, 0.717) is 16.4 Å². The van der Waals surface area contributed by atoms with E-state index in [1.807, 2.05) is 6.92 Å². The largest absolute Gasteiger partial charge is 0.452 e. The Morgan fingerprint density at radius 2 is 1.76 bits per heavy atom. The minimum absolute atomic E-state index is 0.234. The molecule has 0 heterocycles. The number of ether oxygens (including phenoxy) is 1. The third kappa shape index (κ3) is 5.61. The Morgan fingerprint density at radius 3 is 2.44 bits per heavy atom. The zero-order chi connectivity index (χ0) is 18.4. The molecule has 2 amide bonds. The van der Waals surface area contributed by atoms with E-state index in [2.05, 4.69) is 10.6 Å². The molecule has 0 saturated carbocycles. The zero-order valence-electron chi connectivity index (χ0n) is 13.8. The van der Waals surface area contributed by atoms with Gasteiger partial charge in [0.05, 0.1) is 5.56 Å². The highest BCUT2D eigenvalue weighted by molar-refractivity contribution is 6.31. The fourth-order valence-corrected chi connectivity index (χ4v) is 2.19. The predicted molar refractivity (Wildman–Crippen MR) is 95.8 cm³/mol. The van der Waals surface area contributed by atoms with Crippen molar-refractivity contribution in [3.05, 3.63) is 58.6 Å². The summed E-state index contributed by atoms with van der Waals surface area (Å²) in [5, 5.41) is 5.70. The maximum Gasteiger partial charge on any atom is 0.338 e. The minimum atomic E-state index is -0.663. The summed E-state index contributed by atoms with van der Waals surface area (Å²) in [6.07, 6.45) is 0. The van der Waals surface area contributed by atoms with Crippen LogP contribution in [0.5, 0.6) is 0 Å². The van der Waals surface area contributed by atoms with E-state index in [1.54, 1.807) is 30.3 Å². The Kier molecular flexibility index (Phi) is 6.14. The number of esters is 1. The van der Waals surface area contributed by atoms with Crippen molar-refractivity contribution in [2.45, 2.75) is 13.8 Å². The summed E-state index contributed by atoms with van der Waals surface area (Å²) < 4.78 is 4.98. The van der Waals surface area contributed by atoms with Gasteiger partial charge in [-0.3, -0.25) is 9.59 Å². The number of hydrogen-bond acceptors (Lipinski definition) is 4. The first-order valence-electron chi connectivity index (χ1n) is 7.46. The average Bonchev–Trinajstić information content (AvgIpc) is 2.55. The lowest BCUT2D eigenvalue weighted by Gasteiger charge is -2.08. The lowest BCUT2D eigenvalue weighted by Crippen LogP contribution is -2.21. The van der Waals surface area contributed by atoms with Crippen molar-refractivity contribution in [1.29, 1.82) is 0 Å². The fraction of sp³-hybridized carbons (Fsp3) is 0.167. The highest BCUT2D eigenvalue weighted by Crippen LogP contribution is 2.19. The molecule has 0 radical (unpaired) electrons. The fourth-order valence-electron chi connectivity index (χ4n) is 2.01. The molecule has 2 N–H and O–H groups in total. The van der Waals surface area contributed by atoms with Gasteiger partial charge in [-0.1, -0.05) is 23.7 Å². The van der Waals surface area contributed by atoms with Crippen LogP contribution in [0.3, 0.4) is 0 Å². The van der Waals surface area contributed by atoms with Crippen molar-refractivity contribution in [3.63, 3.8) is 0 Å². The molecule has 2 aromatic rings. The molecule has 130 valence electrons. The summed E-state index contributed by atoms with van der Waals surface area (Å²) in [4.78, 5) is 34.9. The standard InChI is InChI=1S/C18H17ClN2O4/c1-11-6-7-15(9-16(11)19)21-17(23)10-25-18(24)13-4-3-5-14(8-13)20-12(2)22/h3-9H,10H2,1-2H3,(H,20,22)(H,21,23). The Balaban J connectivity index is 1.91. The second-order valence-electron chi connectivity index (χ2n) is 5.35. The molecule has 0 aliphatic rings. The van der Waals surface area contributed by atoms with E-state index in [0.717, 1.165) is 5.56 Å². The predicted octanol–water partition coefficient (Wildman–Crippen LogP) is 3.40. The van der Waals surface area contributed by atoms with Gasteiger partial charge < -0.3 is 15.4 Å². The van der Waals surface area contributed by atoms with Crippen molar-refractivity contribution in [2.75, 3.05) is 17.2 Å². The molecule has 0 aliphatic carbocycles. The van der Waals surface area contributed by atoms with Gasteiger partial charge in [0, 0.05) is 23.3 Å². The second kappa shape index (κ2) is 8.30. The molecule has 0 unspecified atom stereocenters. The molecule has 6 nitrogen and oxygen atoms in total. The van der Waals surface area contributed by atoms with Gasteiger partial charge in [-0.2, -0.15) is 0 Å². The van der Waals surface area contributed by atoms with Crippen LogP contribution in [-0.4, -0.2) is 24.4 Å². The zero-order valence-corrected chi connectivity index (χ0v) is 14.5. The van der Waals surface area contributed by atoms with E-state index >= 15 is 0 Å². The monoisotopic (exact) mass is 360 g/mol. The van der Waals surface area contributed by atoms with Gasteiger partial charge in [0.25, 0.3) is 5.91 Å². The van der Waals surface area contributed by atoms with E-state index in [-0.39, 0.29) is 11.5 Å². The van der Waals surface area contributed by atoms with Crippen LogP contribution < -0.4 is 10.6 Å². The Morgan fingerprint density at radius 1 is 1.04 bits per heavy atom. The van der Waals surface area contributed by atoms with Crippen LogP contribution in [0.15, 0.2) is 42.5 Å². The maximum absolute atomic E-state index is 12.0. The lowest BCUT2D eigenvalue weighted by molar-refractivity contribution is -0.119. The van der Waals surface area contributed by atoms with Gasteiger partial charge in [-0.05, 0) is 42.8 Å². The van der Waals surface area contributed by atoms with Crippen LogP contribution in [-0.2, 0) is 14.3 Å². The van der Waals surface area contributed by atoms with Gasteiger partial charge in [0.15, 0.2) is 6.61 Å². The number of aryl methyl sites for hydroxylation is 1. The molecule has 0 bridgehead atoms. The van der Waals surface area contributed by atoms with Crippen LogP contribution in [0.4, 0.5) is 11.4 Å². The molecule has 0 aliphatic heterocycles. The first-order valence-corrected chi connectivity index (χ1v) is 7.84. The van der Waals surface area contributed by atoms with Crippen molar-refractivity contribution in [3.8, 4) is 0 Å². The number of carbonyl (C=O) groups excluding carboxylic acids is 3. The van der Waals surface area contributed by atoms with Gasteiger partial charge in [0.2, 0.25) is 5.91 Å². The first-order chi connectivity index (χ1) is 11.8. The van der Waals surface area contributed by atoms with Crippen LogP contribution in [0.1, 0.15) is 22.8 Å². The number of hydrogen-bond donors (Lipinski definition) is 2. The van der Waals surface area contributed by atoms with E-state index < -0.39 is 18.5 Å². The summed E-state index contributed by atoms with van der Waals surface area (Å²) in [6, 6.07) is 11.4. The van der Waals surface area contributed by atoms with E-state index in [4.69, 9.17) is 16.3 Å². The van der Waals surface area contributed by atoms with Crippen LogP contribution in [0, 0.1) is 6.92 Å². The molecular formula is C18H17ClN2O4. The van der Waals surface area contributed by atoms with Crippen molar-refractivity contribution in [1.82, 2.24) is 0 Å². The third-order valence-electron chi connectivity index (χ3n) is 3.21.